The van der Waals surface area contributed by atoms with Gasteiger partial charge in [-0.3, -0.25) is 9.78 Å². The molecule has 4 heterocycles. The van der Waals surface area contributed by atoms with Crippen molar-refractivity contribution in [3.05, 3.63) is 30.9 Å². The second kappa shape index (κ2) is 7.68. The van der Waals surface area contributed by atoms with Crippen molar-refractivity contribution >= 4 is 43.1 Å². The fraction of sp³-hybridized carbons (Fsp3) is 0.368. The van der Waals surface area contributed by atoms with Crippen LogP contribution in [0.15, 0.2) is 35.7 Å². The van der Waals surface area contributed by atoms with Crippen LogP contribution in [-0.2, 0) is 14.6 Å². The fourth-order valence-electron chi connectivity index (χ4n) is 3.39. The number of pyridine rings is 1. The van der Waals surface area contributed by atoms with Gasteiger partial charge in [0.1, 0.15) is 17.0 Å². The standard InChI is InChI=1S/C19H21N5O3S2/c1-3-17(25)24-5-4-13(10-24)23-18-15-7-16(28-19(15)22-11-21-18)12-6-14(9-20-8-12)29(2,26)27/h6-9,11,13H,3-5,10H2,1-2H3,(H,21,22,23)/t13-/m0/s1. The van der Waals surface area contributed by atoms with E-state index in [1.807, 2.05) is 17.9 Å². The first-order chi connectivity index (χ1) is 13.8. The molecule has 10 heteroatoms. The number of thiophene rings is 1. The quantitative estimate of drug-likeness (QED) is 0.662. The van der Waals surface area contributed by atoms with E-state index in [1.165, 1.54) is 30.1 Å². The van der Waals surface area contributed by atoms with Gasteiger partial charge in [-0.05, 0) is 18.6 Å². The second-order valence-electron chi connectivity index (χ2n) is 7.06. The molecule has 8 nitrogen and oxygen atoms in total. The predicted molar refractivity (Wildman–Crippen MR) is 113 cm³/mol. The number of fused-ring (bicyclic) bond motifs is 1. The van der Waals surface area contributed by atoms with E-state index in [0.29, 0.717) is 13.0 Å². The number of hydrogen-bond donors (Lipinski definition) is 1. The Labute approximate surface area is 172 Å². The minimum atomic E-state index is -3.33. The van der Waals surface area contributed by atoms with Crippen LogP contribution in [-0.4, -0.2) is 59.6 Å². The van der Waals surface area contributed by atoms with Crippen molar-refractivity contribution in [2.75, 3.05) is 24.7 Å². The molecule has 29 heavy (non-hydrogen) atoms. The van der Waals surface area contributed by atoms with Gasteiger partial charge < -0.3 is 10.2 Å². The van der Waals surface area contributed by atoms with Crippen molar-refractivity contribution in [2.45, 2.75) is 30.7 Å². The lowest BCUT2D eigenvalue weighted by molar-refractivity contribution is -0.129. The molecule has 152 valence electrons. The number of aromatic nitrogens is 3. The number of amides is 1. The van der Waals surface area contributed by atoms with Gasteiger partial charge in [0, 0.05) is 54.6 Å². The zero-order valence-corrected chi connectivity index (χ0v) is 17.8. The van der Waals surface area contributed by atoms with Gasteiger partial charge in [0.05, 0.1) is 10.3 Å². The summed E-state index contributed by atoms with van der Waals surface area (Å²) < 4.78 is 23.7. The Morgan fingerprint density at radius 1 is 1.31 bits per heavy atom. The average Bonchev–Trinajstić information content (AvgIpc) is 3.34. The lowest BCUT2D eigenvalue weighted by Crippen LogP contribution is -2.31. The molecule has 3 aromatic rings. The molecule has 1 N–H and O–H groups in total. The van der Waals surface area contributed by atoms with Gasteiger partial charge in [-0.1, -0.05) is 6.92 Å². The van der Waals surface area contributed by atoms with E-state index in [0.717, 1.165) is 39.4 Å². The number of likely N-dealkylation sites (tertiary alicyclic amines) is 1. The molecule has 1 atom stereocenters. The molecule has 0 saturated carbocycles. The van der Waals surface area contributed by atoms with Crippen molar-refractivity contribution < 1.29 is 13.2 Å². The highest BCUT2D eigenvalue weighted by molar-refractivity contribution is 7.90. The first-order valence-corrected chi connectivity index (χ1v) is 12.0. The van der Waals surface area contributed by atoms with Crippen molar-refractivity contribution in [1.29, 1.82) is 0 Å². The molecule has 0 radical (unpaired) electrons. The highest BCUT2D eigenvalue weighted by atomic mass is 32.2. The van der Waals surface area contributed by atoms with Crippen molar-refractivity contribution in [1.82, 2.24) is 19.9 Å². The van der Waals surface area contributed by atoms with Crippen LogP contribution in [0.1, 0.15) is 19.8 Å². The highest BCUT2D eigenvalue weighted by Gasteiger charge is 2.26. The number of hydrogen-bond acceptors (Lipinski definition) is 8. The second-order valence-corrected chi connectivity index (χ2v) is 10.1. The summed E-state index contributed by atoms with van der Waals surface area (Å²) in [5.74, 6) is 0.888. The summed E-state index contributed by atoms with van der Waals surface area (Å²) in [6.45, 7) is 3.28. The van der Waals surface area contributed by atoms with Gasteiger partial charge in [0.15, 0.2) is 9.84 Å². The Balaban J connectivity index is 1.62. The topological polar surface area (TPSA) is 105 Å². The minimum absolute atomic E-state index is 0.141. The van der Waals surface area contributed by atoms with Crippen molar-refractivity contribution in [3.63, 3.8) is 0 Å². The van der Waals surface area contributed by atoms with E-state index < -0.39 is 9.84 Å². The molecule has 4 rings (SSSR count). The number of carbonyl (C=O) groups is 1. The largest absolute Gasteiger partial charge is 0.365 e. The van der Waals surface area contributed by atoms with Crippen LogP contribution in [0.3, 0.4) is 0 Å². The number of rotatable bonds is 5. The maximum absolute atomic E-state index is 11.9. The molecule has 0 unspecified atom stereocenters. The summed E-state index contributed by atoms with van der Waals surface area (Å²) in [4.78, 5) is 28.5. The Hall–Kier alpha value is -2.59. The van der Waals surface area contributed by atoms with E-state index in [-0.39, 0.29) is 16.8 Å². The Kier molecular flexibility index (Phi) is 5.22. The van der Waals surface area contributed by atoms with Crippen LogP contribution in [0.4, 0.5) is 5.82 Å². The smallest absolute Gasteiger partial charge is 0.222 e. The third kappa shape index (κ3) is 4.08. The molecule has 0 bridgehead atoms. The molecule has 0 aromatic carbocycles. The van der Waals surface area contributed by atoms with E-state index in [4.69, 9.17) is 0 Å². The van der Waals surface area contributed by atoms with E-state index in [2.05, 4.69) is 20.3 Å². The van der Waals surface area contributed by atoms with Crippen LogP contribution in [0.2, 0.25) is 0 Å². The van der Waals surface area contributed by atoms with Gasteiger partial charge in [0.2, 0.25) is 5.91 Å². The average molecular weight is 432 g/mol. The normalized spacial score (nSPS) is 17.0. The van der Waals surface area contributed by atoms with Gasteiger partial charge in [-0.15, -0.1) is 11.3 Å². The van der Waals surface area contributed by atoms with Gasteiger partial charge in [-0.2, -0.15) is 0 Å². The Bertz CT molecular complexity index is 1180. The summed E-state index contributed by atoms with van der Waals surface area (Å²) in [7, 11) is -3.33. The zero-order chi connectivity index (χ0) is 20.6. The van der Waals surface area contributed by atoms with Crippen molar-refractivity contribution in [3.8, 4) is 10.4 Å². The highest BCUT2D eigenvalue weighted by Crippen LogP contribution is 2.35. The zero-order valence-electron chi connectivity index (χ0n) is 16.1. The molecule has 1 aliphatic heterocycles. The van der Waals surface area contributed by atoms with Gasteiger partial charge >= 0.3 is 0 Å². The molecule has 0 spiro atoms. The summed E-state index contributed by atoms with van der Waals surface area (Å²) in [5, 5.41) is 4.32. The number of carbonyl (C=O) groups excluding carboxylic acids is 1. The lowest BCUT2D eigenvalue weighted by Gasteiger charge is -2.16. The molecule has 1 fully saturated rings. The van der Waals surface area contributed by atoms with Crippen LogP contribution in [0, 0.1) is 0 Å². The van der Waals surface area contributed by atoms with E-state index in [1.54, 1.807) is 12.3 Å². The summed E-state index contributed by atoms with van der Waals surface area (Å²) in [6.07, 6.45) is 7.06. The van der Waals surface area contributed by atoms with Gasteiger partial charge in [0.25, 0.3) is 0 Å². The minimum Gasteiger partial charge on any atom is -0.365 e. The summed E-state index contributed by atoms with van der Waals surface area (Å²) >= 11 is 1.46. The van der Waals surface area contributed by atoms with Crippen LogP contribution >= 0.6 is 11.3 Å². The van der Waals surface area contributed by atoms with Gasteiger partial charge in [-0.25, -0.2) is 18.4 Å². The third-order valence-electron chi connectivity index (χ3n) is 4.94. The fourth-order valence-corrected chi connectivity index (χ4v) is 4.96. The predicted octanol–water partition coefficient (Wildman–Crippen LogP) is 2.58. The van der Waals surface area contributed by atoms with Crippen LogP contribution in [0.25, 0.3) is 20.7 Å². The maximum Gasteiger partial charge on any atom is 0.222 e. The van der Waals surface area contributed by atoms with E-state index >= 15 is 0 Å². The number of nitrogens with one attached hydrogen (secondary N) is 1. The summed E-state index contributed by atoms with van der Waals surface area (Å²) in [5.41, 5.74) is 0.724. The first kappa shape index (κ1) is 19.7. The molecule has 0 aliphatic carbocycles. The first-order valence-electron chi connectivity index (χ1n) is 9.29. The maximum atomic E-state index is 11.9. The van der Waals surface area contributed by atoms with E-state index in [9.17, 15) is 13.2 Å². The molecule has 1 saturated heterocycles. The summed E-state index contributed by atoms with van der Waals surface area (Å²) in [6, 6.07) is 3.72. The monoisotopic (exact) mass is 431 g/mol. The number of anilines is 1. The molecular weight excluding hydrogens is 410 g/mol. The van der Waals surface area contributed by atoms with Crippen LogP contribution < -0.4 is 5.32 Å². The molecule has 3 aromatic heterocycles. The molecule has 1 amide bonds. The lowest BCUT2D eigenvalue weighted by atomic mass is 10.2. The molecular formula is C19H21N5O3S2. The Morgan fingerprint density at radius 3 is 2.90 bits per heavy atom. The number of nitrogens with zero attached hydrogens (tertiary/aromatic N) is 4. The van der Waals surface area contributed by atoms with Crippen molar-refractivity contribution in [2.24, 2.45) is 0 Å². The van der Waals surface area contributed by atoms with Crippen LogP contribution in [0.5, 0.6) is 0 Å². The SMILES string of the molecule is CCC(=O)N1CC[C@H](Nc2ncnc3sc(-c4cncc(S(C)(=O)=O)c4)cc23)C1. The third-order valence-corrected chi connectivity index (χ3v) is 7.11. The molecule has 1 aliphatic rings. The number of sulfone groups is 1. The Morgan fingerprint density at radius 2 is 2.14 bits per heavy atom.